The van der Waals surface area contributed by atoms with Crippen LogP contribution < -0.4 is 63.8 Å². The van der Waals surface area contributed by atoms with Crippen molar-refractivity contribution in [1.82, 2.24) is 30.2 Å². The number of thiophene rings is 8. The molecule has 0 unspecified atom stereocenters. The Balaban J connectivity index is 0.000000214. The summed E-state index contributed by atoms with van der Waals surface area (Å²) in [5.74, 6) is -2.51. The van der Waals surface area contributed by atoms with E-state index in [4.69, 9.17) is 28.4 Å². The van der Waals surface area contributed by atoms with Gasteiger partial charge in [0.15, 0.2) is 5.82 Å². The van der Waals surface area contributed by atoms with Gasteiger partial charge in [0.1, 0.15) is 34.3 Å². The van der Waals surface area contributed by atoms with E-state index in [-0.39, 0.29) is 77.0 Å². The highest BCUT2D eigenvalue weighted by atomic mass is 32.1. The van der Waals surface area contributed by atoms with Gasteiger partial charge in [-0.3, -0.25) is 31.3 Å². The number of anilines is 12. The van der Waals surface area contributed by atoms with Crippen molar-refractivity contribution in [1.29, 1.82) is 0 Å². The number of alkyl halides is 3. The maximum atomic E-state index is 12.5. The number of urea groups is 6. The number of hydrogen-bond donors (Lipinski definition) is 12. The minimum absolute atomic E-state index is 0.113. The van der Waals surface area contributed by atoms with E-state index in [1.54, 1.807) is 48.3 Å². The predicted molar refractivity (Wildman–Crippen MR) is 581 cm³/mol. The van der Waals surface area contributed by atoms with Gasteiger partial charge in [-0.2, -0.15) is 18.3 Å². The van der Waals surface area contributed by atoms with Gasteiger partial charge in [-0.1, -0.05) is 186 Å². The molecular formula is C97H119F3N18O18S10. The Morgan fingerprint density at radius 3 is 0.925 bits per heavy atom. The van der Waals surface area contributed by atoms with Gasteiger partial charge in [0.2, 0.25) is 15.3 Å². The molecule has 786 valence electrons. The lowest BCUT2D eigenvalue weighted by atomic mass is 9.94. The zero-order chi connectivity index (χ0) is 109. The molecule has 0 spiro atoms. The quantitative estimate of drug-likeness (QED) is 0.0280. The monoisotopic (exact) mass is 2200 g/mol. The number of benzene rings is 1. The number of allylic oxidation sites excluding steroid dienone is 1. The van der Waals surface area contributed by atoms with E-state index >= 15 is 0 Å². The van der Waals surface area contributed by atoms with Crippen LogP contribution in [0.3, 0.4) is 0 Å². The van der Waals surface area contributed by atoms with Crippen molar-refractivity contribution in [3.63, 3.8) is 0 Å². The van der Waals surface area contributed by atoms with E-state index in [1.165, 1.54) is 139 Å². The van der Waals surface area contributed by atoms with Gasteiger partial charge >= 0.3 is 78.2 Å². The lowest BCUT2D eigenvalue weighted by Crippen LogP contribution is -2.20. The summed E-state index contributed by atoms with van der Waals surface area (Å²) in [6.45, 7) is 44.6. The van der Waals surface area contributed by atoms with Crippen molar-refractivity contribution >= 4 is 257 Å². The maximum Gasteiger partial charge on any atom is 0.445 e. The van der Waals surface area contributed by atoms with Crippen LogP contribution in [0.25, 0.3) is 6.08 Å². The fraction of sp³-hybridized carbons (Fsp3) is 0.392. The van der Waals surface area contributed by atoms with Gasteiger partial charge < -0.3 is 65.6 Å². The number of esters is 6. The molecule has 0 fully saturated rings. The van der Waals surface area contributed by atoms with E-state index in [0.717, 1.165) is 72.5 Å². The minimum atomic E-state index is -4.64. The van der Waals surface area contributed by atoms with E-state index in [0.29, 0.717) is 69.5 Å². The van der Waals surface area contributed by atoms with Crippen LogP contribution in [0.1, 0.15) is 259 Å². The minimum Gasteiger partial charge on any atom is -0.465 e. The third-order valence-corrected chi connectivity index (χ3v) is 32.5. The number of methoxy groups -OCH3 is 6. The van der Waals surface area contributed by atoms with Crippen molar-refractivity contribution in [3.05, 3.63) is 187 Å². The van der Waals surface area contributed by atoms with Gasteiger partial charge in [-0.05, 0) is 135 Å². The maximum absolute atomic E-state index is 12.5. The number of rotatable bonds is 18. The average Bonchev–Trinajstić information content (AvgIpc) is 1.66. The van der Waals surface area contributed by atoms with Crippen molar-refractivity contribution < 1.29 is 99.1 Å². The number of nitrogens with one attached hydrogen (secondary N) is 12. The number of carbonyl (C=O) groups is 12. The zero-order valence-electron chi connectivity index (χ0n) is 85.8. The Morgan fingerprint density at radius 2 is 0.651 bits per heavy atom. The highest BCUT2D eigenvalue weighted by molar-refractivity contribution is 7.18. The van der Waals surface area contributed by atoms with Crippen LogP contribution in [0.4, 0.5) is 108 Å². The molecule has 0 bridgehead atoms. The summed E-state index contributed by atoms with van der Waals surface area (Å²) >= 11 is 12.2. The first-order valence-corrected chi connectivity index (χ1v) is 52.5. The fourth-order valence-electron chi connectivity index (χ4n) is 11.8. The smallest absolute Gasteiger partial charge is 0.445 e. The highest BCUT2D eigenvalue weighted by Gasteiger charge is 2.37. The standard InChI is InChI=1S/C20H22N2O3S.C17H24N4O3S2.C16H20N2O3S2.C15H20N4O3S.C15H18N2O3S2.C14H15F3N4O3S2/c1-20(2,3)16-11-15(17(26-16)18(23)25-4)22-19(24)21-14-9-8-12-6-5-7-13(12)10-14;1-16(2,3)10-8-9(11(25-10)12(22)24-7)18-14(23)19-15-21-20-13(26-15)17(4,5)6;1-9-6-7-12(22-9)18-15(20)17-10-8-11(16(2,3)4)23-13(10)14(19)21-5;1-15(2,3)10-8-9(12(23-10)13(20)22-5)16-14(21)17-11-6-7-19(4)18-11;1-15(2,3)10-8-9(12(22-10)13(18)20-4)16-14(19)17-11-6-5-7-21-11;1-13(2,3)7-5-6(8(25-7)9(22)24-4)18-11(23)19-12-21-20-10(26-12)14(15,16)17/h5,7-11H,6H2,1-4H3,(H2,21,22,24);8H,1-7H3,(H2,18,19,21,23);6-8H,1-5H3,(H2,17,18,20);6-8H,1-5H3,(H2,16,17,18,21);5-8H,1-4H3,(H2,16,17,19);5H,1-4H3,(H2,18,19,21,23). The van der Waals surface area contributed by atoms with Crippen molar-refractivity contribution in [2.75, 3.05) is 106 Å². The second-order valence-corrected chi connectivity index (χ2v) is 49.4. The molecule has 0 saturated heterocycles. The third kappa shape index (κ3) is 34.7. The van der Waals surface area contributed by atoms with Gasteiger partial charge in [-0.15, -0.1) is 111 Å². The molecule has 12 aromatic rings. The third-order valence-electron chi connectivity index (χ3n) is 19.4. The van der Waals surface area contributed by atoms with Crippen LogP contribution in [0.5, 0.6) is 0 Å². The molecule has 11 aromatic heterocycles. The summed E-state index contributed by atoms with van der Waals surface area (Å²) in [6, 6.07) is 22.7. The van der Waals surface area contributed by atoms with Crippen molar-refractivity contribution in [2.45, 2.75) is 203 Å². The van der Waals surface area contributed by atoms with Gasteiger partial charge in [0.05, 0.1) is 86.8 Å². The van der Waals surface area contributed by atoms with Crippen LogP contribution in [0.2, 0.25) is 0 Å². The van der Waals surface area contributed by atoms with Crippen LogP contribution >= 0.6 is 113 Å². The average molecular weight is 2200 g/mol. The SMILES string of the molecule is COC(=O)c1sc(C(C)(C)C)cc1NC(=O)Nc1ccc(C)s1.COC(=O)c1sc(C(C)(C)C)cc1NC(=O)Nc1ccc2c(c1)C=CC2.COC(=O)c1sc(C(C)(C)C)cc1NC(=O)Nc1cccs1.COC(=O)c1sc(C(C)(C)C)cc1NC(=O)Nc1ccn(C)n1.COC(=O)c1sc(C(C)(C)C)cc1NC(=O)Nc1nnc(C(C)(C)C)s1.COC(=O)c1sc(C(C)(C)C)cc1NC(=O)Nc1nnc(C(F)(F)F)s1. The van der Waals surface area contributed by atoms with Gasteiger partial charge in [0, 0.05) is 64.6 Å². The molecule has 0 radical (unpaired) electrons. The van der Waals surface area contributed by atoms with Gasteiger partial charge in [-0.25, -0.2) is 57.5 Å². The zero-order valence-corrected chi connectivity index (χ0v) is 94.0. The topological polar surface area (TPSA) is 474 Å². The molecule has 36 nitrogen and oxygen atoms in total. The molecule has 0 saturated carbocycles. The molecule has 0 aliphatic heterocycles. The summed E-state index contributed by atoms with van der Waals surface area (Å²) in [5, 5.41) is 53.3. The Labute approximate surface area is 883 Å². The summed E-state index contributed by atoms with van der Waals surface area (Å²) in [5.41, 5.74) is 4.47. The van der Waals surface area contributed by atoms with Crippen LogP contribution in [-0.2, 0) is 86.0 Å². The van der Waals surface area contributed by atoms with E-state index in [9.17, 15) is 70.7 Å². The van der Waals surface area contributed by atoms with E-state index in [2.05, 4.69) is 158 Å². The number of halogens is 3. The molecule has 49 heteroatoms. The largest absolute Gasteiger partial charge is 0.465 e. The second-order valence-electron chi connectivity index (χ2n) is 38.9. The number of carbonyl (C=O) groups excluding carboxylic acids is 12. The summed E-state index contributed by atoms with van der Waals surface area (Å²) in [6.07, 6.45) is 2.15. The van der Waals surface area contributed by atoms with Crippen LogP contribution in [-0.4, -0.2) is 145 Å². The molecule has 1 aliphatic carbocycles. The Morgan fingerprint density at radius 1 is 0.336 bits per heavy atom. The first-order valence-electron chi connectivity index (χ1n) is 44.3. The number of fused-ring (bicyclic) bond motifs is 1. The number of hydrogen-bond acceptors (Lipinski definition) is 33. The van der Waals surface area contributed by atoms with Gasteiger partial charge in [0.25, 0.3) is 0 Å². The molecule has 13 rings (SSSR count). The normalized spacial score (nSPS) is 11.7. The molecule has 11 heterocycles. The lowest BCUT2D eigenvalue weighted by molar-refractivity contribution is -0.138. The number of amides is 12. The molecule has 1 aliphatic rings. The first kappa shape index (κ1) is 118. The number of aromatic nitrogens is 6. The Bertz CT molecular complexity index is 6430. The first-order chi connectivity index (χ1) is 67.8. The number of nitrogens with zero attached hydrogens (tertiary/aromatic N) is 6. The van der Waals surface area contributed by atoms with E-state index in [1.807, 2.05) is 156 Å². The van der Waals surface area contributed by atoms with Crippen molar-refractivity contribution in [2.24, 2.45) is 7.05 Å². The summed E-state index contributed by atoms with van der Waals surface area (Å²) in [4.78, 5) is 154. The highest BCUT2D eigenvalue weighted by Crippen LogP contribution is 2.44. The Hall–Kier alpha value is -12.9. The van der Waals surface area contributed by atoms with Crippen LogP contribution in [0, 0.1) is 6.92 Å². The summed E-state index contributed by atoms with van der Waals surface area (Å²) < 4.78 is 67.9. The number of aryl methyl sites for hydroxylation is 2. The molecule has 12 amide bonds. The van der Waals surface area contributed by atoms with Crippen LogP contribution in [0.15, 0.2) is 103 Å². The molecule has 1 aromatic carbocycles. The number of ether oxygens (including phenoxy) is 6. The molecule has 12 N–H and O–H groups in total. The molecule has 146 heavy (non-hydrogen) atoms. The second kappa shape index (κ2) is 50.0. The fourth-order valence-corrected chi connectivity index (χ4v) is 21.1. The molecule has 0 atom stereocenters. The Kier molecular flexibility index (Phi) is 40.5. The summed E-state index contributed by atoms with van der Waals surface area (Å²) in [7, 11) is 9.59. The van der Waals surface area contributed by atoms with E-state index < -0.39 is 71.1 Å². The molecular weight excluding hydrogens is 2080 g/mol. The predicted octanol–water partition coefficient (Wildman–Crippen LogP) is 26.6. The van der Waals surface area contributed by atoms with Crippen molar-refractivity contribution in [3.8, 4) is 0 Å². The lowest BCUT2D eigenvalue weighted by Gasteiger charge is -2.15.